The number of nitrogens with one attached hydrogen (secondary N) is 1. The van der Waals surface area contributed by atoms with E-state index in [0.717, 1.165) is 25.0 Å². The van der Waals surface area contributed by atoms with Gasteiger partial charge in [-0.2, -0.15) is 0 Å². The molecule has 0 aromatic heterocycles. The molecule has 1 fully saturated rings. The lowest BCUT2D eigenvalue weighted by Gasteiger charge is -2.18. The molecule has 1 saturated heterocycles. The van der Waals surface area contributed by atoms with Crippen LogP contribution >= 0.6 is 0 Å². The van der Waals surface area contributed by atoms with Crippen LogP contribution in [0.3, 0.4) is 0 Å². The lowest BCUT2D eigenvalue weighted by molar-refractivity contribution is -0.123. The molecule has 4 nitrogen and oxygen atoms in total. The largest absolute Gasteiger partial charge is 0.396 e. The Morgan fingerprint density at radius 1 is 1.40 bits per heavy atom. The molecule has 20 heavy (non-hydrogen) atoms. The number of benzene rings is 1. The summed E-state index contributed by atoms with van der Waals surface area (Å²) in [6.45, 7) is 1.46. The Bertz CT molecular complexity index is 401. The van der Waals surface area contributed by atoms with Gasteiger partial charge in [0.2, 0.25) is 5.91 Å². The summed E-state index contributed by atoms with van der Waals surface area (Å²) in [7, 11) is 0. The van der Waals surface area contributed by atoms with E-state index < -0.39 is 0 Å². The normalized spacial score (nSPS) is 19.8. The molecule has 0 saturated carbocycles. The minimum absolute atomic E-state index is 0.0378. The van der Waals surface area contributed by atoms with Crippen molar-refractivity contribution in [2.45, 2.75) is 37.7 Å². The maximum absolute atomic E-state index is 11.9. The predicted molar refractivity (Wildman–Crippen MR) is 77.5 cm³/mol. The molecule has 2 unspecified atom stereocenters. The average molecular weight is 277 g/mol. The quantitative estimate of drug-likeness (QED) is 0.799. The number of aliphatic hydroxyl groups excluding tert-OH is 1. The maximum atomic E-state index is 11.9. The zero-order valence-electron chi connectivity index (χ0n) is 11.8. The van der Waals surface area contributed by atoms with Crippen LogP contribution in [0.2, 0.25) is 0 Å². The lowest BCUT2D eigenvalue weighted by Crippen LogP contribution is -2.31. The van der Waals surface area contributed by atoms with Gasteiger partial charge in [-0.1, -0.05) is 30.3 Å². The van der Waals surface area contributed by atoms with Crippen LogP contribution in [0.25, 0.3) is 0 Å². The highest BCUT2D eigenvalue weighted by Gasteiger charge is 2.19. The molecule has 1 aromatic carbocycles. The van der Waals surface area contributed by atoms with Gasteiger partial charge < -0.3 is 15.2 Å². The molecule has 0 spiro atoms. The Morgan fingerprint density at radius 2 is 2.20 bits per heavy atom. The molecular weight excluding hydrogens is 254 g/mol. The van der Waals surface area contributed by atoms with Crippen molar-refractivity contribution in [2.75, 3.05) is 19.8 Å². The van der Waals surface area contributed by atoms with Gasteiger partial charge >= 0.3 is 0 Å². The fraction of sp³-hybridized carbons (Fsp3) is 0.562. The van der Waals surface area contributed by atoms with Crippen LogP contribution in [0, 0.1) is 0 Å². The number of carbonyl (C=O) groups excluding carboxylic acids is 1. The van der Waals surface area contributed by atoms with Crippen molar-refractivity contribution in [3.05, 3.63) is 35.9 Å². The topological polar surface area (TPSA) is 58.6 Å². The Balaban J connectivity index is 1.81. The van der Waals surface area contributed by atoms with E-state index in [-0.39, 0.29) is 24.5 Å². The highest BCUT2D eigenvalue weighted by Crippen LogP contribution is 2.19. The van der Waals surface area contributed by atoms with Gasteiger partial charge in [0.25, 0.3) is 0 Å². The van der Waals surface area contributed by atoms with E-state index in [4.69, 9.17) is 9.84 Å². The molecule has 1 amide bonds. The first-order valence-corrected chi connectivity index (χ1v) is 7.33. The van der Waals surface area contributed by atoms with Crippen LogP contribution in [0.4, 0.5) is 0 Å². The van der Waals surface area contributed by atoms with Crippen molar-refractivity contribution in [1.29, 1.82) is 0 Å². The van der Waals surface area contributed by atoms with E-state index in [1.54, 1.807) is 0 Å². The average Bonchev–Trinajstić information content (AvgIpc) is 2.97. The first kappa shape index (κ1) is 15.0. The van der Waals surface area contributed by atoms with Gasteiger partial charge in [0, 0.05) is 25.7 Å². The van der Waals surface area contributed by atoms with E-state index >= 15 is 0 Å². The number of aliphatic hydroxyl groups is 1. The zero-order chi connectivity index (χ0) is 14.2. The van der Waals surface area contributed by atoms with Gasteiger partial charge in [-0.3, -0.25) is 4.79 Å². The number of rotatable bonds is 7. The first-order chi connectivity index (χ1) is 9.79. The summed E-state index contributed by atoms with van der Waals surface area (Å²) in [6.07, 6.45) is 3.22. The van der Waals surface area contributed by atoms with E-state index in [0.29, 0.717) is 19.4 Å². The van der Waals surface area contributed by atoms with Gasteiger partial charge in [0.1, 0.15) is 0 Å². The van der Waals surface area contributed by atoms with Gasteiger partial charge in [-0.25, -0.2) is 0 Å². The SMILES string of the molecule is O=C(CC1CCCO1)NCC(CCO)c1ccccc1. The van der Waals surface area contributed by atoms with Crippen LogP contribution in [0.5, 0.6) is 0 Å². The van der Waals surface area contributed by atoms with Crippen LogP contribution in [0.1, 0.15) is 37.2 Å². The fourth-order valence-electron chi connectivity index (χ4n) is 2.59. The van der Waals surface area contributed by atoms with Crippen molar-refractivity contribution in [1.82, 2.24) is 5.32 Å². The van der Waals surface area contributed by atoms with Gasteiger partial charge in [-0.15, -0.1) is 0 Å². The number of ether oxygens (including phenoxy) is 1. The van der Waals surface area contributed by atoms with Crippen LogP contribution in [-0.2, 0) is 9.53 Å². The number of hydrogen-bond acceptors (Lipinski definition) is 3. The third-order valence-corrected chi connectivity index (χ3v) is 3.73. The Hall–Kier alpha value is -1.39. The van der Waals surface area contributed by atoms with Crippen molar-refractivity contribution in [3.63, 3.8) is 0 Å². The molecule has 2 atom stereocenters. The van der Waals surface area contributed by atoms with Crippen molar-refractivity contribution in [3.8, 4) is 0 Å². The molecule has 110 valence electrons. The number of amides is 1. The Kier molecular flexibility index (Phi) is 6.02. The summed E-state index contributed by atoms with van der Waals surface area (Å²) >= 11 is 0. The second kappa shape index (κ2) is 8.02. The smallest absolute Gasteiger partial charge is 0.222 e. The molecular formula is C16H23NO3. The lowest BCUT2D eigenvalue weighted by atomic mass is 9.96. The summed E-state index contributed by atoms with van der Waals surface area (Å²) in [6, 6.07) is 10.00. The Morgan fingerprint density at radius 3 is 2.85 bits per heavy atom. The summed E-state index contributed by atoms with van der Waals surface area (Å²) in [5.74, 6) is 0.199. The van der Waals surface area contributed by atoms with Crippen LogP contribution in [0.15, 0.2) is 30.3 Å². The summed E-state index contributed by atoms with van der Waals surface area (Å²) in [5.41, 5.74) is 1.15. The second-order valence-electron chi connectivity index (χ2n) is 5.26. The van der Waals surface area contributed by atoms with E-state index in [1.807, 2.05) is 30.3 Å². The third kappa shape index (κ3) is 4.62. The van der Waals surface area contributed by atoms with Crippen LogP contribution in [-0.4, -0.2) is 36.9 Å². The molecule has 2 rings (SSSR count). The second-order valence-corrected chi connectivity index (χ2v) is 5.26. The Labute approximate surface area is 120 Å². The minimum Gasteiger partial charge on any atom is -0.396 e. The molecule has 1 aliphatic heterocycles. The van der Waals surface area contributed by atoms with Crippen molar-refractivity contribution in [2.24, 2.45) is 0 Å². The molecule has 0 radical (unpaired) electrons. The highest BCUT2D eigenvalue weighted by molar-refractivity contribution is 5.76. The molecule has 4 heteroatoms. The van der Waals surface area contributed by atoms with E-state index in [9.17, 15) is 4.79 Å². The first-order valence-electron chi connectivity index (χ1n) is 7.33. The molecule has 1 aliphatic rings. The third-order valence-electron chi connectivity index (χ3n) is 3.73. The number of carbonyl (C=O) groups is 1. The van der Waals surface area contributed by atoms with Crippen molar-refractivity contribution < 1.29 is 14.6 Å². The molecule has 1 heterocycles. The van der Waals surface area contributed by atoms with Crippen molar-refractivity contribution >= 4 is 5.91 Å². The molecule has 0 bridgehead atoms. The standard InChI is InChI=1S/C16H23NO3/c18-9-8-14(13-5-2-1-3-6-13)12-17-16(19)11-15-7-4-10-20-15/h1-3,5-6,14-15,18H,4,7-12H2,(H,17,19). The maximum Gasteiger partial charge on any atom is 0.222 e. The fourth-order valence-corrected chi connectivity index (χ4v) is 2.59. The summed E-state index contributed by atoms with van der Waals surface area (Å²) in [5, 5.41) is 12.1. The van der Waals surface area contributed by atoms with E-state index in [2.05, 4.69) is 5.32 Å². The monoisotopic (exact) mass is 277 g/mol. The minimum atomic E-state index is 0.0378. The predicted octanol–water partition coefficient (Wildman–Crippen LogP) is 1.84. The van der Waals surface area contributed by atoms with E-state index in [1.165, 1.54) is 0 Å². The van der Waals surface area contributed by atoms with Gasteiger partial charge in [-0.05, 0) is 24.8 Å². The van der Waals surface area contributed by atoms with Crippen LogP contribution < -0.4 is 5.32 Å². The molecule has 0 aliphatic carbocycles. The number of hydrogen-bond donors (Lipinski definition) is 2. The zero-order valence-corrected chi connectivity index (χ0v) is 11.8. The molecule has 1 aromatic rings. The van der Waals surface area contributed by atoms with Gasteiger partial charge in [0.05, 0.1) is 12.5 Å². The van der Waals surface area contributed by atoms with Gasteiger partial charge in [0.15, 0.2) is 0 Å². The summed E-state index contributed by atoms with van der Waals surface area (Å²) < 4.78 is 5.46. The highest BCUT2D eigenvalue weighted by atomic mass is 16.5. The molecule has 2 N–H and O–H groups in total. The summed E-state index contributed by atoms with van der Waals surface area (Å²) in [4.78, 5) is 11.9.